The average Bonchev–Trinajstić information content (AvgIpc) is 2.38. The van der Waals surface area contributed by atoms with Crippen LogP contribution in [0.5, 0.6) is 11.5 Å². The number of hydrogen-bond donors (Lipinski definition) is 0. The number of ether oxygens (including phenoxy) is 3. The van der Waals surface area contributed by atoms with Crippen molar-refractivity contribution in [2.24, 2.45) is 0 Å². The van der Waals surface area contributed by atoms with E-state index in [0.717, 1.165) is 12.7 Å². The van der Waals surface area contributed by atoms with Gasteiger partial charge in [-0.15, -0.1) is 0 Å². The standard InChI is InChI=1S/C13H18O4/c1-3-16-7-4-8-17-13-6-5-12(15-2)9-11(13)10-14/h5-6,9-10H,3-4,7-8H2,1-2H3. The fraction of sp³-hybridized carbons (Fsp3) is 0.462. The third-order valence-corrected chi connectivity index (χ3v) is 2.24. The first-order valence-corrected chi connectivity index (χ1v) is 5.65. The Kier molecular flexibility index (Phi) is 6.10. The summed E-state index contributed by atoms with van der Waals surface area (Å²) in [5.41, 5.74) is 0.501. The molecule has 1 aromatic carbocycles. The van der Waals surface area contributed by atoms with Gasteiger partial charge in [0.2, 0.25) is 0 Å². The quantitative estimate of drug-likeness (QED) is 0.515. The molecule has 0 bridgehead atoms. The van der Waals surface area contributed by atoms with E-state index in [9.17, 15) is 4.79 Å². The molecule has 0 radical (unpaired) electrons. The lowest BCUT2D eigenvalue weighted by Crippen LogP contribution is -2.04. The summed E-state index contributed by atoms with van der Waals surface area (Å²) in [6, 6.07) is 5.17. The van der Waals surface area contributed by atoms with E-state index in [0.29, 0.717) is 36.9 Å². The van der Waals surface area contributed by atoms with E-state index < -0.39 is 0 Å². The molecule has 0 aliphatic rings. The molecule has 0 atom stereocenters. The van der Waals surface area contributed by atoms with Gasteiger partial charge in [-0.25, -0.2) is 0 Å². The number of methoxy groups -OCH3 is 1. The Morgan fingerprint density at radius 2 is 2.12 bits per heavy atom. The lowest BCUT2D eigenvalue weighted by Gasteiger charge is -2.09. The first-order valence-electron chi connectivity index (χ1n) is 5.65. The highest BCUT2D eigenvalue weighted by Crippen LogP contribution is 2.22. The fourth-order valence-corrected chi connectivity index (χ4v) is 1.36. The van der Waals surface area contributed by atoms with Crippen molar-refractivity contribution in [2.45, 2.75) is 13.3 Å². The second kappa shape index (κ2) is 7.68. The Labute approximate surface area is 101 Å². The molecule has 1 aromatic rings. The van der Waals surface area contributed by atoms with Gasteiger partial charge >= 0.3 is 0 Å². The SMILES string of the molecule is CCOCCCOc1ccc(OC)cc1C=O. The molecule has 94 valence electrons. The molecule has 4 heteroatoms. The zero-order valence-corrected chi connectivity index (χ0v) is 10.3. The van der Waals surface area contributed by atoms with Crippen LogP contribution in [-0.4, -0.2) is 33.2 Å². The zero-order valence-electron chi connectivity index (χ0n) is 10.3. The first-order chi connectivity index (χ1) is 8.31. The smallest absolute Gasteiger partial charge is 0.153 e. The Morgan fingerprint density at radius 3 is 2.76 bits per heavy atom. The highest BCUT2D eigenvalue weighted by molar-refractivity contribution is 5.80. The monoisotopic (exact) mass is 238 g/mol. The summed E-state index contributed by atoms with van der Waals surface area (Å²) in [5, 5.41) is 0. The molecule has 0 spiro atoms. The van der Waals surface area contributed by atoms with Gasteiger partial charge < -0.3 is 14.2 Å². The maximum Gasteiger partial charge on any atom is 0.153 e. The van der Waals surface area contributed by atoms with Crippen LogP contribution in [0, 0.1) is 0 Å². The second-order valence-corrected chi connectivity index (χ2v) is 3.42. The van der Waals surface area contributed by atoms with Crippen molar-refractivity contribution in [3.63, 3.8) is 0 Å². The molecule has 0 unspecified atom stereocenters. The van der Waals surface area contributed by atoms with Gasteiger partial charge in [0, 0.05) is 19.6 Å². The molecule has 0 aliphatic heterocycles. The molecule has 0 aliphatic carbocycles. The maximum atomic E-state index is 10.9. The van der Waals surface area contributed by atoms with Crippen LogP contribution in [0.3, 0.4) is 0 Å². The normalized spacial score (nSPS) is 10.0. The molecule has 0 aromatic heterocycles. The average molecular weight is 238 g/mol. The van der Waals surface area contributed by atoms with Crippen LogP contribution >= 0.6 is 0 Å². The number of aldehydes is 1. The molecule has 4 nitrogen and oxygen atoms in total. The number of hydrogen-bond acceptors (Lipinski definition) is 4. The molecule has 1 rings (SSSR count). The topological polar surface area (TPSA) is 44.8 Å². The van der Waals surface area contributed by atoms with Gasteiger partial charge in [0.15, 0.2) is 6.29 Å². The van der Waals surface area contributed by atoms with Gasteiger partial charge in [0.1, 0.15) is 11.5 Å². The largest absolute Gasteiger partial charge is 0.497 e. The van der Waals surface area contributed by atoms with E-state index in [1.54, 1.807) is 25.3 Å². The lowest BCUT2D eigenvalue weighted by atomic mass is 10.2. The maximum absolute atomic E-state index is 10.9. The van der Waals surface area contributed by atoms with Crippen LogP contribution in [0.1, 0.15) is 23.7 Å². The predicted molar refractivity (Wildman–Crippen MR) is 65.0 cm³/mol. The van der Waals surface area contributed by atoms with Crippen molar-refractivity contribution in [2.75, 3.05) is 26.9 Å². The summed E-state index contributed by atoms with van der Waals surface area (Å²) in [6.45, 7) is 3.87. The number of benzene rings is 1. The fourth-order valence-electron chi connectivity index (χ4n) is 1.36. The zero-order chi connectivity index (χ0) is 12.5. The minimum Gasteiger partial charge on any atom is -0.497 e. The molecule has 17 heavy (non-hydrogen) atoms. The molecule has 0 fully saturated rings. The number of carbonyl (C=O) groups excluding carboxylic acids is 1. The van der Waals surface area contributed by atoms with E-state index in [2.05, 4.69) is 0 Å². The van der Waals surface area contributed by atoms with Crippen molar-refractivity contribution in [3.8, 4) is 11.5 Å². The third kappa shape index (κ3) is 4.44. The Hall–Kier alpha value is -1.55. The highest BCUT2D eigenvalue weighted by Gasteiger charge is 2.04. The number of rotatable bonds is 8. The molecular formula is C13H18O4. The highest BCUT2D eigenvalue weighted by atomic mass is 16.5. The Morgan fingerprint density at radius 1 is 1.29 bits per heavy atom. The van der Waals surface area contributed by atoms with Gasteiger partial charge in [0.05, 0.1) is 19.3 Å². The summed E-state index contributed by atoms with van der Waals surface area (Å²) >= 11 is 0. The van der Waals surface area contributed by atoms with Crippen LogP contribution in [0.15, 0.2) is 18.2 Å². The summed E-state index contributed by atoms with van der Waals surface area (Å²) in [5.74, 6) is 1.23. The summed E-state index contributed by atoms with van der Waals surface area (Å²) in [6.07, 6.45) is 1.57. The Balaban J connectivity index is 2.49. The minimum atomic E-state index is 0.501. The molecule has 0 heterocycles. The first kappa shape index (κ1) is 13.5. The van der Waals surface area contributed by atoms with Gasteiger partial charge in [-0.3, -0.25) is 4.79 Å². The van der Waals surface area contributed by atoms with Crippen LogP contribution in [-0.2, 0) is 4.74 Å². The van der Waals surface area contributed by atoms with Crippen molar-refractivity contribution < 1.29 is 19.0 Å². The molecular weight excluding hydrogens is 220 g/mol. The molecule has 0 saturated heterocycles. The van der Waals surface area contributed by atoms with Gasteiger partial charge in [-0.1, -0.05) is 0 Å². The van der Waals surface area contributed by atoms with E-state index in [4.69, 9.17) is 14.2 Å². The number of carbonyl (C=O) groups is 1. The van der Waals surface area contributed by atoms with Crippen LogP contribution in [0.2, 0.25) is 0 Å². The summed E-state index contributed by atoms with van der Waals surface area (Å²) in [7, 11) is 1.56. The lowest BCUT2D eigenvalue weighted by molar-refractivity contribution is 0.111. The predicted octanol–water partition coefficient (Wildman–Crippen LogP) is 2.31. The van der Waals surface area contributed by atoms with Crippen LogP contribution in [0.4, 0.5) is 0 Å². The van der Waals surface area contributed by atoms with E-state index >= 15 is 0 Å². The molecule has 0 N–H and O–H groups in total. The van der Waals surface area contributed by atoms with Crippen molar-refractivity contribution in [3.05, 3.63) is 23.8 Å². The minimum absolute atomic E-state index is 0.501. The Bertz CT molecular complexity index is 349. The van der Waals surface area contributed by atoms with Crippen LogP contribution in [0.25, 0.3) is 0 Å². The molecule has 0 saturated carbocycles. The summed E-state index contributed by atoms with van der Waals surface area (Å²) < 4.78 is 15.7. The summed E-state index contributed by atoms with van der Waals surface area (Å²) in [4.78, 5) is 10.9. The van der Waals surface area contributed by atoms with Crippen molar-refractivity contribution in [1.82, 2.24) is 0 Å². The third-order valence-electron chi connectivity index (χ3n) is 2.24. The van der Waals surface area contributed by atoms with E-state index in [1.807, 2.05) is 6.92 Å². The van der Waals surface area contributed by atoms with Gasteiger partial charge in [0.25, 0.3) is 0 Å². The van der Waals surface area contributed by atoms with Gasteiger partial charge in [-0.2, -0.15) is 0 Å². The second-order valence-electron chi connectivity index (χ2n) is 3.42. The van der Waals surface area contributed by atoms with E-state index in [-0.39, 0.29) is 0 Å². The van der Waals surface area contributed by atoms with E-state index in [1.165, 1.54) is 0 Å². The molecule has 0 amide bonds. The van der Waals surface area contributed by atoms with Crippen LogP contribution < -0.4 is 9.47 Å². The van der Waals surface area contributed by atoms with Crippen molar-refractivity contribution >= 4 is 6.29 Å². The van der Waals surface area contributed by atoms with Crippen molar-refractivity contribution in [1.29, 1.82) is 0 Å². The van der Waals surface area contributed by atoms with Gasteiger partial charge in [-0.05, 0) is 25.1 Å².